The molecule has 5 nitrogen and oxygen atoms in total. The van der Waals surface area contributed by atoms with Gasteiger partial charge < -0.3 is 16.0 Å². The first-order valence-electron chi connectivity index (χ1n) is 9.51. The molecule has 1 saturated carbocycles. The molecule has 0 aliphatic heterocycles. The van der Waals surface area contributed by atoms with Crippen molar-refractivity contribution in [3.05, 3.63) is 71.3 Å². The van der Waals surface area contributed by atoms with Gasteiger partial charge in [-0.3, -0.25) is 9.79 Å². The molecule has 3 rings (SSSR count). The van der Waals surface area contributed by atoms with Gasteiger partial charge in [0.2, 0.25) is 0 Å². The number of nitrogens with zero attached hydrogens (tertiary/aromatic N) is 1. The molecule has 2 aromatic carbocycles. The van der Waals surface area contributed by atoms with Crippen molar-refractivity contribution in [1.29, 1.82) is 0 Å². The zero-order chi connectivity index (χ0) is 19.1. The number of hydrogen-bond donors (Lipinski definition) is 3. The zero-order valence-corrected chi connectivity index (χ0v) is 18.8. The monoisotopic (exact) mass is 492 g/mol. The van der Waals surface area contributed by atoms with Crippen LogP contribution in [-0.4, -0.2) is 39.1 Å². The van der Waals surface area contributed by atoms with Crippen molar-refractivity contribution in [2.45, 2.75) is 18.8 Å². The van der Waals surface area contributed by atoms with E-state index in [0.717, 1.165) is 31.0 Å². The van der Waals surface area contributed by atoms with E-state index < -0.39 is 0 Å². The van der Waals surface area contributed by atoms with E-state index in [0.29, 0.717) is 17.4 Å². The number of halogens is 1. The van der Waals surface area contributed by atoms with Crippen LogP contribution < -0.4 is 16.0 Å². The Labute approximate surface area is 184 Å². The van der Waals surface area contributed by atoms with E-state index in [4.69, 9.17) is 0 Å². The molecule has 1 fully saturated rings. The largest absolute Gasteiger partial charge is 0.356 e. The lowest BCUT2D eigenvalue weighted by Gasteiger charge is -2.12. The summed E-state index contributed by atoms with van der Waals surface area (Å²) in [5.74, 6) is 2.12. The minimum atomic E-state index is -0.0558. The second-order valence-electron chi connectivity index (χ2n) is 6.92. The summed E-state index contributed by atoms with van der Waals surface area (Å²) in [6, 6.07) is 18.4. The lowest BCUT2D eigenvalue weighted by molar-refractivity contribution is 0.0963. The summed E-state index contributed by atoms with van der Waals surface area (Å²) in [6.45, 7) is 1.70. The van der Waals surface area contributed by atoms with Crippen molar-refractivity contribution in [1.82, 2.24) is 16.0 Å². The maximum atomic E-state index is 11.7. The molecule has 0 saturated heterocycles. The van der Waals surface area contributed by atoms with Gasteiger partial charge in [-0.2, -0.15) is 0 Å². The fourth-order valence-electron chi connectivity index (χ4n) is 3.37. The fraction of sp³-hybridized carbons (Fsp3) is 0.364. The van der Waals surface area contributed by atoms with Crippen LogP contribution in [0.15, 0.2) is 59.6 Å². The van der Waals surface area contributed by atoms with E-state index in [-0.39, 0.29) is 29.9 Å². The number of aliphatic imine (C=N–C) groups is 1. The molecule has 1 aliphatic rings. The van der Waals surface area contributed by atoms with Gasteiger partial charge in [-0.15, -0.1) is 24.0 Å². The van der Waals surface area contributed by atoms with Gasteiger partial charge in [0.1, 0.15) is 0 Å². The van der Waals surface area contributed by atoms with Crippen molar-refractivity contribution in [2.75, 3.05) is 27.2 Å². The van der Waals surface area contributed by atoms with Gasteiger partial charge in [0.05, 0.1) is 0 Å². The Morgan fingerprint density at radius 3 is 2.61 bits per heavy atom. The van der Waals surface area contributed by atoms with Crippen LogP contribution in [0.5, 0.6) is 0 Å². The van der Waals surface area contributed by atoms with E-state index in [9.17, 15) is 4.79 Å². The third-order valence-electron chi connectivity index (χ3n) is 5.03. The molecule has 2 unspecified atom stereocenters. The Bertz CT molecular complexity index is 794. The molecule has 150 valence electrons. The third-order valence-corrected chi connectivity index (χ3v) is 5.03. The Balaban J connectivity index is 0.00000280. The number of benzene rings is 2. The Morgan fingerprint density at radius 2 is 1.89 bits per heavy atom. The van der Waals surface area contributed by atoms with Gasteiger partial charge in [0, 0.05) is 32.7 Å². The highest BCUT2D eigenvalue weighted by Crippen LogP contribution is 2.46. The molecule has 2 aromatic rings. The summed E-state index contributed by atoms with van der Waals surface area (Å²) in [6.07, 6.45) is 2.07. The van der Waals surface area contributed by atoms with E-state index >= 15 is 0 Å². The maximum Gasteiger partial charge on any atom is 0.251 e. The average molecular weight is 492 g/mol. The SMILES string of the molecule is CN=C(NCCc1cccc(C(=O)NC)c1)NCC1CC1c1ccccc1.I. The molecule has 1 aliphatic carbocycles. The van der Waals surface area contributed by atoms with Crippen LogP contribution in [0.3, 0.4) is 0 Å². The summed E-state index contributed by atoms with van der Waals surface area (Å²) in [7, 11) is 3.44. The van der Waals surface area contributed by atoms with Gasteiger partial charge in [-0.1, -0.05) is 42.5 Å². The Hall–Kier alpha value is -2.09. The molecule has 28 heavy (non-hydrogen) atoms. The van der Waals surface area contributed by atoms with E-state index in [1.165, 1.54) is 12.0 Å². The number of nitrogens with one attached hydrogen (secondary N) is 3. The van der Waals surface area contributed by atoms with Gasteiger partial charge >= 0.3 is 0 Å². The van der Waals surface area contributed by atoms with E-state index in [1.54, 1.807) is 14.1 Å². The summed E-state index contributed by atoms with van der Waals surface area (Å²) >= 11 is 0. The first-order valence-corrected chi connectivity index (χ1v) is 9.51. The summed E-state index contributed by atoms with van der Waals surface area (Å²) in [5.41, 5.74) is 3.26. The highest BCUT2D eigenvalue weighted by Gasteiger charge is 2.37. The number of guanidine groups is 1. The van der Waals surface area contributed by atoms with Crippen LogP contribution >= 0.6 is 24.0 Å². The topological polar surface area (TPSA) is 65.5 Å². The molecule has 0 heterocycles. The molecule has 1 amide bonds. The quantitative estimate of drug-likeness (QED) is 0.316. The first kappa shape index (κ1) is 22.2. The molecule has 0 radical (unpaired) electrons. The van der Waals surface area contributed by atoms with Crippen LogP contribution in [0.25, 0.3) is 0 Å². The molecule has 0 aromatic heterocycles. The highest BCUT2D eigenvalue weighted by atomic mass is 127. The highest BCUT2D eigenvalue weighted by molar-refractivity contribution is 14.0. The Kier molecular flexibility index (Phi) is 8.76. The molecule has 2 atom stereocenters. The summed E-state index contributed by atoms with van der Waals surface area (Å²) < 4.78 is 0. The first-order chi connectivity index (χ1) is 13.2. The average Bonchev–Trinajstić information content (AvgIpc) is 3.50. The minimum Gasteiger partial charge on any atom is -0.356 e. The van der Waals surface area contributed by atoms with E-state index in [1.807, 2.05) is 24.3 Å². The predicted octanol–water partition coefficient (Wildman–Crippen LogP) is 3.18. The second kappa shape index (κ2) is 11.0. The molecule has 0 spiro atoms. The summed E-state index contributed by atoms with van der Waals surface area (Å²) in [5, 5.41) is 9.44. The lowest BCUT2D eigenvalue weighted by Crippen LogP contribution is -2.39. The van der Waals surface area contributed by atoms with Crippen molar-refractivity contribution in [2.24, 2.45) is 10.9 Å². The van der Waals surface area contributed by atoms with Gasteiger partial charge in [0.15, 0.2) is 5.96 Å². The standard InChI is InChI=1S/C22H28N4O.HI/c1-23-21(27)18-10-6-7-16(13-18)11-12-25-22(24-2)26-15-19-14-20(19)17-8-4-3-5-9-17;/h3-10,13,19-20H,11-12,14-15H2,1-2H3,(H,23,27)(H2,24,25,26);1H. The maximum absolute atomic E-state index is 11.7. The number of carbonyl (C=O) groups is 1. The predicted molar refractivity (Wildman–Crippen MR) is 126 cm³/mol. The van der Waals surface area contributed by atoms with Crippen LogP contribution in [0.2, 0.25) is 0 Å². The van der Waals surface area contributed by atoms with Crippen molar-refractivity contribution in [3.63, 3.8) is 0 Å². The van der Waals surface area contributed by atoms with Crippen molar-refractivity contribution >= 4 is 35.8 Å². The third kappa shape index (κ3) is 6.22. The number of rotatable bonds is 7. The van der Waals surface area contributed by atoms with Crippen LogP contribution in [-0.2, 0) is 6.42 Å². The van der Waals surface area contributed by atoms with Crippen molar-refractivity contribution < 1.29 is 4.79 Å². The smallest absolute Gasteiger partial charge is 0.251 e. The molecular formula is C22H29IN4O. The zero-order valence-electron chi connectivity index (χ0n) is 16.4. The number of carbonyl (C=O) groups excluding carboxylic acids is 1. The van der Waals surface area contributed by atoms with Crippen LogP contribution in [0, 0.1) is 5.92 Å². The molecular weight excluding hydrogens is 463 g/mol. The number of hydrogen-bond acceptors (Lipinski definition) is 2. The minimum absolute atomic E-state index is 0. The fourth-order valence-corrected chi connectivity index (χ4v) is 3.37. The molecule has 6 heteroatoms. The lowest BCUT2D eigenvalue weighted by atomic mass is 10.1. The normalized spacial score (nSPS) is 18.0. The summed E-state index contributed by atoms with van der Waals surface area (Å²) in [4.78, 5) is 16.0. The number of amides is 1. The van der Waals surface area contributed by atoms with Gasteiger partial charge in [-0.05, 0) is 47.9 Å². The second-order valence-corrected chi connectivity index (χ2v) is 6.92. The molecule has 3 N–H and O–H groups in total. The van der Waals surface area contributed by atoms with Crippen molar-refractivity contribution in [3.8, 4) is 0 Å². The van der Waals surface area contributed by atoms with E-state index in [2.05, 4.69) is 51.3 Å². The molecule has 0 bridgehead atoms. The van der Waals surface area contributed by atoms with Crippen LogP contribution in [0.1, 0.15) is 33.8 Å². The van der Waals surface area contributed by atoms with Gasteiger partial charge in [0.25, 0.3) is 5.91 Å². The van der Waals surface area contributed by atoms with Crippen LogP contribution in [0.4, 0.5) is 0 Å². The Morgan fingerprint density at radius 1 is 1.11 bits per heavy atom. The van der Waals surface area contributed by atoms with Gasteiger partial charge in [-0.25, -0.2) is 0 Å².